The van der Waals surface area contributed by atoms with Gasteiger partial charge in [0.1, 0.15) is 5.82 Å². The average Bonchev–Trinajstić information content (AvgIpc) is 2.33. The highest BCUT2D eigenvalue weighted by molar-refractivity contribution is 5.52. The first kappa shape index (κ1) is 14.2. The van der Waals surface area contributed by atoms with Crippen LogP contribution >= 0.6 is 0 Å². The number of rotatable bonds is 2. The van der Waals surface area contributed by atoms with Crippen LogP contribution in [-0.4, -0.2) is 12.2 Å². The lowest BCUT2D eigenvalue weighted by atomic mass is 9.85. The molecule has 0 heterocycles. The number of nitrogens with one attached hydrogen (secondary N) is 1. The van der Waals surface area contributed by atoms with E-state index in [0.717, 1.165) is 0 Å². The van der Waals surface area contributed by atoms with Crippen LogP contribution in [-0.2, 0) is 0 Å². The Morgan fingerprint density at radius 1 is 1.21 bits per heavy atom. The molecule has 2 rings (SSSR count). The van der Waals surface area contributed by atoms with Crippen LogP contribution in [0.3, 0.4) is 0 Å². The zero-order chi connectivity index (χ0) is 14.0. The highest BCUT2D eigenvalue weighted by Crippen LogP contribution is 2.38. The van der Waals surface area contributed by atoms with Gasteiger partial charge in [-0.15, -0.1) is 0 Å². The van der Waals surface area contributed by atoms with E-state index >= 15 is 0 Å². The minimum atomic E-state index is -4.15. The van der Waals surface area contributed by atoms with Crippen LogP contribution in [0.2, 0.25) is 0 Å². The van der Waals surface area contributed by atoms with Gasteiger partial charge in [-0.2, -0.15) is 13.2 Å². The molecular weight excluding hydrogens is 258 g/mol. The van der Waals surface area contributed by atoms with Crippen LogP contribution in [0.4, 0.5) is 23.2 Å². The molecule has 0 aromatic heterocycles. The van der Waals surface area contributed by atoms with Crippen LogP contribution in [0.15, 0.2) is 18.2 Å². The van der Waals surface area contributed by atoms with Crippen LogP contribution in [0.25, 0.3) is 0 Å². The Kier molecular flexibility index (Phi) is 4.02. The van der Waals surface area contributed by atoms with Crippen molar-refractivity contribution in [2.45, 2.75) is 44.8 Å². The summed E-state index contributed by atoms with van der Waals surface area (Å²) in [6, 6.07) is 4.35. The lowest BCUT2D eigenvalue weighted by molar-refractivity contribution is -0.182. The fourth-order valence-electron chi connectivity index (χ4n) is 2.64. The van der Waals surface area contributed by atoms with Crippen molar-refractivity contribution in [1.82, 2.24) is 0 Å². The minimum absolute atomic E-state index is 0.0251. The predicted molar refractivity (Wildman–Crippen MR) is 66.6 cm³/mol. The van der Waals surface area contributed by atoms with Crippen molar-refractivity contribution in [1.29, 1.82) is 0 Å². The molecule has 1 aliphatic carbocycles. The van der Waals surface area contributed by atoms with E-state index in [4.69, 9.17) is 0 Å². The summed E-state index contributed by atoms with van der Waals surface area (Å²) in [7, 11) is 0. The second-order valence-corrected chi connectivity index (χ2v) is 5.18. The van der Waals surface area contributed by atoms with Gasteiger partial charge in [0.2, 0.25) is 0 Å². The molecule has 2 unspecified atom stereocenters. The summed E-state index contributed by atoms with van der Waals surface area (Å²) in [6.45, 7) is 1.75. The van der Waals surface area contributed by atoms with E-state index in [1.54, 1.807) is 19.1 Å². The van der Waals surface area contributed by atoms with Gasteiger partial charge in [-0.05, 0) is 37.8 Å². The van der Waals surface area contributed by atoms with Crippen molar-refractivity contribution in [2.75, 3.05) is 5.32 Å². The van der Waals surface area contributed by atoms with Gasteiger partial charge in [0.05, 0.1) is 11.6 Å². The lowest BCUT2D eigenvalue weighted by Gasteiger charge is -2.32. The zero-order valence-corrected chi connectivity index (χ0v) is 10.7. The van der Waals surface area contributed by atoms with E-state index in [9.17, 15) is 17.6 Å². The molecule has 1 aliphatic rings. The molecule has 5 heteroatoms. The summed E-state index contributed by atoms with van der Waals surface area (Å²) in [4.78, 5) is 0. The molecule has 2 atom stereocenters. The van der Waals surface area contributed by atoms with E-state index in [0.29, 0.717) is 24.1 Å². The van der Waals surface area contributed by atoms with Gasteiger partial charge in [-0.25, -0.2) is 4.39 Å². The second kappa shape index (κ2) is 5.39. The molecule has 0 amide bonds. The van der Waals surface area contributed by atoms with Crippen LogP contribution in [0, 0.1) is 18.7 Å². The number of aryl methyl sites for hydroxylation is 1. The monoisotopic (exact) mass is 275 g/mol. The number of hydrogen-bond donors (Lipinski definition) is 1. The molecule has 1 nitrogen and oxygen atoms in total. The number of halogens is 4. The Morgan fingerprint density at radius 2 is 1.95 bits per heavy atom. The summed E-state index contributed by atoms with van der Waals surface area (Å²) >= 11 is 0. The molecular formula is C14H17F4N. The molecule has 1 saturated carbocycles. The predicted octanol–water partition coefficient (Wildman–Crippen LogP) is 4.67. The Labute approximate surface area is 110 Å². The van der Waals surface area contributed by atoms with Crippen molar-refractivity contribution in [2.24, 2.45) is 5.92 Å². The third-order valence-electron chi connectivity index (χ3n) is 3.71. The fourth-order valence-corrected chi connectivity index (χ4v) is 2.64. The second-order valence-electron chi connectivity index (χ2n) is 5.18. The van der Waals surface area contributed by atoms with Gasteiger partial charge < -0.3 is 5.32 Å². The molecule has 0 saturated heterocycles. The van der Waals surface area contributed by atoms with E-state index in [1.807, 2.05) is 0 Å². The Morgan fingerprint density at radius 3 is 2.58 bits per heavy atom. The van der Waals surface area contributed by atoms with Crippen molar-refractivity contribution >= 4 is 5.69 Å². The lowest BCUT2D eigenvalue weighted by Crippen LogP contribution is -2.35. The van der Waals surface area contributed by atoms with Crippen LogP contribution in [0.1, 0.15) is 31.2 Å². The molecule has 0 spiro atoms. The number of benzene rings is 1. The standard InChI is InChI=1S/C14H17F4N/c1-9-4-2-7-12(15)13(9)19-11-6-3-5-10(8-11)14(16,17)18/h2,4,7,10-11,19H,3,5-6,8H2,1H3. The topological polar surface area (TPSA) is 12.0 Å². The van der Waals surface area contributed by atoms with Gasteiger partial charge in [0.15, 0.2) is 0 Å². The normalized spacial score (nSPS) is 24.3. The maximum absolute atomic E-state index is 13.7. The van der Waals surface area contributed by atoms with E-state index < -0.39 is 17.9 Å². The molecule has 106 valence electrons. The summed E-state index contributed by atoms with van der Waals surface area (Å²) in [5, 5.41) is 2.94. The van der Waals surface area contributed by atoms with Crippen LogP contribution < -0.4 is 5.32 Å². The van der Waals surface area contributed by atoms with Gasteiger partial charge in [-0.3, -0.25) is 0 Å². The average molecular weight is 275 g/mol. The largest absolute Gasteiger partial charge is 0.391 e. The molecule has 19 heavy (non-hydrogen) atoms. The molecule has 1 fully saturated rings. The molecule has 1 N–H and O–H groups in total. The SMILES string of the molecule is Cc1cccc(F)c1NC1CCCC(C(F)(F)F)C1. The van der Waals surface area contributed by atoms with E-state index in [2.05, 4.69) is 5.32 Å². The summed E-state index contributed by atoms with van der Waals surface area (Å²) in [5.41, 5.74) is 1.05. The zero-order valence-electron chi connectivity index (χ0n) is 10.7. The molecule has 0 bridgehead atoms. The quantitative estimate of drug-likeness (QED) is 0.773. The third kappa shape index (κ3) is 3.39. The van der Waals surface area contributed by atoms with E-state index in [1.165, 1.54) is 6.07 Å². The maximum atomic E-state index is 13.7. The van der Waals surface area contributed by atoms with Crippen molar-refractivity contribution in [3.8, 4) is 0 Å². The van der Waals surface area contributed by atoms with Crippen molar-refractivity contribution < 1.29 is 17.6 Å². The van der Waals surface area contributed by atoms with E-state index in [-0.39, 0.29) is 18.9 Å². The number of hydrogen-bond acceptors (Lipinski definition) is 1. The first-order valence-electron chi connectivity index (χ1n) is 6.46. The number of anilines is 1. The molecule has 1 aromatic rings. The first-order chi connectivity index (χ1) is 8.88. The van der Waals surface area contributed by atoms with Gasteiger partial charge >= 0.3 is 6.18 Å². The highest BCUT2D eigenvalue weighted by atomic mass is 19.4. The third-order valence-corrected chi connectivity index (χ3v) is 3.71. The fraction of sp³-hybridized carbons (Fsp3) is 0.571. The molecule has 0 radical (unpaired) electrons. The first-order valence-corrected chi connectivity index (χ1v) is 6.46. The Bertz CT molecular complexity index is 421. The van der Waals surface area contributed by atoms with Crippen LogP contribution in [0.5, 0.6) is 0 Å². The van der Waals surface area contributed by atoms with Gasteiger partial charge in [-0.1, -0.05) is 18.6 Å². The smallest absolute Gasteiger partial charge is 0.380 e. The molecule has 1 aromatic carbocycles. The van der Waals surface area contributed by atoms with Crippen molar-refractivity contribution in [3.05, 3.63) is 29.6 Å². The van der Waals surface area contributed by atoms with Gasteiger partial charge in [0.25, 0.3) is 0 Å². The number of alkyl halides is 3. The number of para-hydroxylation sites is 1. The summed E-state index contributed by atoms with van der Waals surface area (Å²) in [6.07, 6.45) is -2.77. The maximum Gasteiger partial charge on any atom is 0.391 e. The highest BCUT2D eigenvalue weighted by Gasteiger charge is 2.42. The Hall–Kier alpha value is -1.26. The molecule has 0 aliphatic heterocycles. The minimum Gasteiger partial charge on any atom is -0.380 e. The summed E-state index contributed by atoms with van der Waals surface area (Å²) in [5.74, 6) is -1.68. The summed E-state index contributed by atoms with van der Waals surface area (Å²) < 4.78 is 51.8. The van der Waals surface area contributed by atoms with Gasteiger partial charge in [0, 0.05) is 6.04 Å². The Balaban J connectivity index is 2.07. The van der Waals surface area contributed by atoms with Crippen molar-refractivity contribution in [3.63, 3.8) is 0 Å².